The fraction of sp³-hybridized carbons (Fsp3) is 0.500. The van der Waals surface area contributed by atoms with Crippen LogP contribution in [-0.2, 0) is 13.0 Å². The molecule has 2 aromatic rings. The molecular weight excluding hydrogens is 355 g/mol. The number of pyridine rings is 1. The van der Waals surface area contributed by atoms with Crippen molar-refractivity contribution in [3.8, 4) is 0 Å². The Bertz CT molecular complexity index is 844. The van der Waals surface area contributed by atoms with E-state index in [1.807, 2.05) is 22.8 Å². The molecule has 4 rings (SSSR count). The lowest BCUT2D eigenvalue weighted by atomic mass is 10.0. The molecule has 1 fully saturated rings. The Morgan fingerprint density at radius 2 is 1.96 bits per heavy atom. The molecule has 3 heterocycles. The van der Waals surface area contributed by atoms with Crippen LogP contribution in [0.3, 0.4) is 0 Å². The lowest BCUT2D eigenvalue weighted by Gasteiger charge is -2.33. The maximum atomic E-state index is 13.2. The Morgan fingerprint density at radius 1 is 1.14 bits per heavy atom. The molecule has 0 bridgehead atoms. The quantitative estimate of drug-likeness (QED) is 0.720. The van der Waals surface area contributed by atoms with Crippen LogP contribution in [0.5, 0.6) is 0 Å². The third-order valence-electron chi connectivity index (χ3n) is 5.84. The second-order valence-corrected chi connectivity index (χ2v) is 7.96. The van der Waals surface area contributed by atoms with Crippen LogP contribution in [0, 0.1) is 5.82 Å². The second kappa shape index (κ2) is 8.88. The molecule has 0 aliphatic carbocycles. The third-order valence-corrected chi connectivity index (χ3v) is 5.84. The van der Waals surface area contributed by atoms with E-state index in [1.54, 1.807) is 18.2 Å². The smallest absolute Gasteiger partial charge is 0.252 e. The zero-order valence-electron chi connectivity index (χ0n) is 16.2. The van der Waals surface area contributed by atoms with Gasteiger partial charge in [-0.3, -0.25) is 9.36 Å². The number of likely N-dealkylation sites (tertiary alicyclic amines) is 1. The van der Waals surface area contributed by atoms with Gasteiger partial charge >= 0.3 is 0 Å². The molecular formula is C22H29FN4O. The van der Waals surface area contributed by atoms with Gasteiger partial charge < -0.3 is 15.5 Å². The molecule has 1 atom stereocenters. The van der Waals surface area contributed by atoms with Gasteiger partial charge in [-0.25, -0.2) is 4.39 Å². The van der Waals surface area contributed by atoms with Gasteiger partial charge in [-0.15, -0.1) is 0 Å². The van der Waals surface area contributed by atoms with Crippen LogP contribution in [0.2, 0.25) is 0 Å². The van der Waals surface area contributed by atoms with Crippen molar-refractivity contribution in [3.63, 3.8) is 0 Å². The van der Waals surface area contributed by atoms with E-state index in [4.69, 9.17) is 0 Å². The molecule has 5 nitrogen and oxygen atoms in total. The lowest BCUT2D eigenvalue weighted by molar-refractivity contribution is 0.190. The van der Waals surface area contributed by atoms with Crippen LogP contribution in [0.25, 0.3) is 0 Å². The minimum absolute atomic E-state index is 0.0775. The minimum atomic E-state index is -0.150. The zero-order chi connectivity index (χ0) is 19.3. The van der Waals surface area contributed by atoms with Crippen molar-refractivity contribution in [2.24, 2.45) is 0 Å². The summed E-state index contributed by atoms with van der Waals surface area (Å²) in [6, 6.07) is 13.2. The number of benzene rings is 1. The van der Waals surface area contributed by atoms with E-state index in [9.17, 15) is 9.18 Å². The van der Waals surface area contributed by atoms with E-state index in [-0.39, 0.29) is 11.4 Å². The first kappa shape index (κ1) is 19.2. The number of hydrogen-bond donors (Lipinski definition) is 2. The van der Waals surface area contributed by atoms with Crippen molar-refractivity contribution in [3.05, 3.63) is 64.2 Å². The van der Waals surface area contributed by atoms with Gasteiger partial charge in [-0.1, -0.05) is 18.2 Å². The van der Waals surface area contributed by atoms with Gasteiger partial charge in [0.2, 0.25) is 0 Å². The molecule has 0 amide bonds. The lowest BCUT2D eigenvalue weighted by Crippen LogP contribution is -2.46. The molecule has 2 N–H and O–H groups in total. The molecule has 2 aliphatic heterocycles. The van der Waals surface area contributed by atoms with E-state index in [1.165, 1.54) is 6.07 Å². The molecule has 1 saturated heterocycles. The highest BCUT2D eigenvalue weighted by Crippen LogP contribution is 2.18. The summed E-state index contributed by atoms with van der Waals surface area (Å²) >= 11 is 0. The molecule has 1 unspecified atom stereocenters. The number of rotatable bonds is 7. The van der Waals surface area contributed by atoms with Crippen molar-refractivity contribution in [1.82, 2.24) is 14.8 Å². The number of aryl methyl sites for hydroxylation is 1. The van der Waals surface area contributed by atoms with Crippen molar-refractivity contribution in [1.29, 1.82) is 0 Å². The number of nitrogens with one attached hydrogen (secondary N) is 2. The van der Waals surface area contributed by atoms with E-state index in [0.29, 0.717) is 12.1 Å². The predicted molar refractivity (Wildman–Crippen MR) is 110 cm³/mol. The van der Waals surface area contributed by atoms with Crippen LogP contribution in [-0.4, -0.2) is 47.7 Å². The van der Waals surface area contributed by atoms with Crippen LogP contribution in [0.1, 0.15) is 24.8 Å². The monoisotopic (exact) mass is 384 g/mol. The van der Waals surface area contributed by atoms with E-state index < -0.39 is 0 Å². The van der Waals surface area contributed by atoms with Gasteiger partial charge in [0, 0.05) is 25.2 Å². The fourth-order valence-electron chi connectivity index (χ4n) is 4.34. The van der Waals surface area contributed by atoms with Crippen molar-refractivity contribution >= 4 is 5.82 Å². The summed E-state index contributed by atoms with van der Waals surface area (Å²) in [6.07, 6.45) is 4.25. The summed E-state index contributed by atoms with van der Waals surface area (Å²) in [7, 11) is 0. The SMILES string of the molecule is O=c1cccc2n1CC(CN1CCC(NCCCc3cccc(F)c3)CC1)N2. The number of hydrogen-bond acceptors (Lipinski definition) is 4. The van der Waals surface area contributed by atoms with Crippen LogP contribution in [0.15, 0.2) is 47.3 Å². The summed E-state index contributed by atoms with van der Waals surface area (Å²) in [5.74, 6) is 0.787. The Morgan fingerprint density at radius 3 is 2.75 bits per heavy atom. The number of anilines is 1. The largest absolute Gasteiger partial charge is 0.366 e. The standard InChI is InChI=1S/C22H29FN4O/c23-18-6-1-4-17(14-18)5-3-11-24-19-9-12-26(13-10-19)15-20-16-27-21(25-20)7-2-8-22(27)28/h1-2,4,6-8,14,19-20,24-25H,3,5,9-13,15-16H2. The average molecular weight is 384 g/mol. The number of fused-ring (bicyclic) bond motifs is 1. The van der Waals surface area contributed by atoms with Gasteiger partial charge in [-0.2, -0.15) is 0 Å². The first-order chi connectivity index (χ1) is 13.7. The van der Waals surface area contributed by atoms with Gasteiger partial charge in [0.1, 0.15) is 11.6 Å². The van der Waals surface area contributed by atoms with Gasteiger partial charge in [0.15, 0.2) is 0 Å². The minimum Gasteiger partial charge on any atom is -0.366 e. The number of aromatic nitrogens is 1. The number of piperidine rings is 1. The molecule has 0 spiro atoms. The molecule has 1 aromatic carbocycles. The highest BCUT2D eigenvalue weighted by Gasteiger charge is 2.25. The molecule has 2 aliphatic rings. The van der Waals surface area contributed by atoms with Gasteiger partial charge in [-0.05, 0) is 69.1 Å². The third kappa shape index (κ3) is 4.80. The molecule has 1 aromatic heterocycles. The highest BCUT2D eigenvalue weighted by molar-refractivity contribution is 5.40. The summed E-state index contributed by atoms with van der Waals surface area (Å²) in [4.78, 5) is 14.4. The highest BCUT2D eigenvalue weighted by atomic mass is 19.1. The van der Waals surface area contributed by atoms with E-state index >= 15 is 0 Å². The number of halogens is 1. The topological polar surface area (TPSA) is 49.3 Å². The van der Waals surface area contributed by atoms with E-state index in [2.05, 4.69) is 15.5 Å². The van der Waals surface area contributed by atoms with Crippen LogP contribution in [0.4, 0.5) is 10.2 Å². The summed E-state index contributed by atoms with van der Waals surface area (Å²) in [6.45, 7) is 4.89. The Labute approximate surface area is 165 Å². The van der Waals surface area contributed by atoms with Crippen molar-refractivity contribution in [2.45, 2.75) is 44.3 Å². The average Bonchev–Trinajstić information content (AvgIpc) is 3.11. The Kier molecular flexibility index (Phi) is 6.07. The first-order valence-corrected chi connectivity index (χ1v) is 10.3. The van der Waals surface area contributed by atoms with Crippen LogP contribution >= 0.6 is 0 Å². The maximum Gasteiger partial charge on any atom is 0.252 e. The molecule has 6 heteroatoms. The van der Waals surface area contributed by atoms with Gasteiger partial charge in [0.25, 0.3) is 5.56 Å². The van der Waals surface area contributed by atoms with Crippen molar-refractivity contribution < 1.29 is 4.39 Å². The first-order valence-electron chi connectivity index (χ1n) is 10.3. The summed E-state index contributed by atoms with van der Waals surface area (Å²) < 4.78 is 15.0. The molecule has 0 saturated carbocycles. The van der Waals surface area contributed by atoms with E-state index in [0.717, 1.165) is 69.8 Å². The van der Waals surface area contributed by atoms with Crippen molar-refractivity contribution in [2.75, 3.05) is 31.5 Å². The molecule has 150 valence electrons. The van der Waals surface area contributed by atoms with Crippen LogP contribution < -0.4 is 16.2 Å². The zero-order valence-corrected chi connectivity index (χ0v) is 16.2. The molecule has 28 heavy (non-hydrogen) atoms. The fourth-order valence-corrected chi connectivity index (χ4v) is 4.34. The normalized spacial score (nSPS) is 20.1. The Hall–Kier alpha value is -2.18. The maximum absolute atomic E-state index is 13.2. The second-order valence-electron chi connectivity index (χ2n) is 7.96. The predicted octanol–water partition coefficient (Wildman–Crippen LogP) is 2.47. The number of nitrogens with zero attached hydrogens (tertiary/aromatic N) is 2. The summed E-state index contributed by atoms with van der Waals surface area (Å²) in [5.41, 5.74) is 1.15. The summed E-state index contributed by atoms with van der Waals surface area (Å²) in [5, 5.41) is 7.13. The molecule has 0 radical (unpaired) electrons. The Balaban J connectivity index is 1.14. The van der Waals surface area contributed by atoms with Gasteiger partial charge in [0.05, 0.1) is 6.04 Å².